The Hall–Kier alpha value is -1.62. The van der Waals surface area contributed by atoms with Crippen molar-refractivity contribution in [1.82, 2.24) is 0 Å². The maximum atomic E-state index is 10.6. The minimum atomic E-state index is -1.26. The molecule has 0 aliphatic carbocycles. The fourth-order valence-electron chi connectivity index (χ4n) is 0.810. The van der Waals surface area contributed by atoms with Crippen LogP contribution in [0.15, 0.2) is 22.9 Å². The molecule has 1 aromatic heterocycles. The van der Waals surface area contributed by atoms with Gasteiger partial charge in [-0.25, -0.2) is 9.59 Å². The first-order valence-corrected chi connectivity index (χ1v) is 4.26. The van der Waals surface area contributed by atoms with Crippen LogP contribution in [0, 0.1) is 0 Å². The highest BCUT2D eigenvalue weighted by Crippen LogP contribution is 2.17. The molecule has 0 aliphatic rings. The lowest BCUT2D eigenvalue weighted by molar-refractivity contribution is -0.133. The summed E-state index contributed by atoms with van der Waals surface area (Å²) in [6.07, 6.45) is 0.685. The van der Waals surface area contributed by atoms with E-state index >= 15 is 0 Å². The van der Waals surface area contributed by atoms with Gasteiger partial charge in [0.05, 0.1) is 5.57 Å². The van der Waals surface area contributed by atoms with Crippen molar-refractivity contribution in [3.8, 4) is 0 Å². The third kappa shape index (κ3) is 2.41. The number of carboxylic acids is 2. The molecule has 13 heavy (non-hydrogen) atoms. The van der Waals surface area contributed by atoms with Gasteiger partial charge in [-0.2, -0.15) is 11.3 Å². The van der Waals surface area contributed by atoms with Crippen molar-refractivity contribution in [2.45, 2.75) is 0 Å². The molecule has 2 N–H and O–H groups in total. The Balaban J connectivity index is 3.08. The van der Waals surface area contributed by atoms with Gasteiger partial charge in [0.1, 0.15) is 0 Å². The van der Waals surface area contributed by atoms with Crippen LogP contribution in [-0.4, -0.2) is 22.2 Å². The quantitative estimate of drug-likeness (QED) is 0.718. The Morgan fingerprint density at radius 2 is 2.08 bits per heavy atom. The maximum Gasteiger partial charge on any atom is 0.336 e. The second-order valence-corrected chi connectivity index (χ2v) is 2.99. The van der Waals surface area contributed by atoms with Crippen molar-refractivity contribution >= 4 is 28.8 Å². The van der Waals surface area contributed by atoms with Crippen molar-refractivity contribution in [1.29, 1.82) is 0 Å². The molecule has 0 radical (unpaired) electrons. The molecule has 0 amide bonds. The van der Waals surface area contributed by atoms with Gasteiger partial charge >= 0.3 is 11.9 Å². The highest BCUT2D eigenvalue weighted by Gasteiger charge is 2.11. The lowest BCUT2D eigenvalue weighted by Crippen LogP contribution is -2.01. The molecule has 0 saturated heterocycles. The predicted molar refractivity (Wildman–Crippen MR) is 47.6 cm³/mol. The maximum absolute atomic E-state index is 10.6. The lowest BCUT2D eigenvalue weighted by atomic mass is 10.1. The second-order valence-electron chi connectivity index (χ2n) is 2.21. The molecule has 4 nitrogen and oxygen atoms in total. The Bertz CT molecular complexity index is 350. The molecule has 1 heterocycles. The number of carbonyl (C=O) groups is 2. The third-order valence-electron chi connectivity index (χ3n) is 1.33. The van der Waals surface area contributed by atoms with Crippen molar-refractivity contribution in [2.75, 3.05) is 0 Å². The summed E-state index contributed by atoms with van der Waals surface area (Å²) in [6.45, 7) is 0. The van der Waals surface area contributed by atoms with E-state index in [4.69, 9.17) is 10.2 Å². The Morgan fingerprint density at radius 1 is 1.38 bits per heavy atom. The van der Waals surface area contributed by atoms with Gasteiger partial charge in [0.25, 0.3) is 0 Å². The van der Waals surface area contributed by atoms with Crippen LogP contribution < -0.4 is 0 Å². The van der Waals surface area contributed by atoms with Crippen LogP contribution in [0.25, 0.3) is 5.57 Å². The van der Waals surface area contributed by atoms with Gasteiger partial charge in [-0.05, 0) is 22.4 Å². The van der Waals surface area contributed by atoms with Crippen LogP contribution in [-0.2, 0) is 9.59 Å². The van der Waals surface area contributed by atoms with Gasteiger partial charge < -0.3 is 10.2 Å². The van der Waals surface area contributed by atoms with E-state index in [-0.39, 0.29) is 5.57 Å². The monoisotopic (exact) mass is 198 g/mol. The first-order chi connectivity index (χ1) is 6.11. The number of aliphatic carboxylic acids is 2. The van der Waals surface area contributed by atoms with E-state index in [1.54, 1.807) is 16.8 Å². The summed E-state index contributed by atoms with van der Waals surface area (Å²) in [7, 11) is 0. The molecule has 0 aromatic carbocycles. The first kappa shape index (κ1) is 9.47. The van der Waals surface area contributed by atoms with Gasteiger partial charge in [0, 0.05) is 6.08 Å². The summed E-state index contributed by atoms with van der Waals surface area (Å²) in [5, 5.41) is 20.3. The lowest BCUT2D eigenvalue weighted by Gasteiger charge is -1.95. The molecule has 0 bridgehead atoms. The van der Waals surface area contributed by atoms with E-state index in [0.717, 1.165) is 0 Å². The molecule has 0 spiro atoms. The van der Waals surface area contributed by atoms with Gasteiger partial charge in [-0.1, -0.05) is 0 Å². The molecule has 0 aliphatic heterocycles. The average Bonchev–Trinajstić information content (AvgIpc) is 2.50. The van der Waals surface area contributed by atoms with E-state index in [9.17, 15) is 9.59 Å². The van der Waals surface area contributed by atoms with Crippen LogP contribution in [0.5, 0.6) is 0 Å². The molecule has 0 unspecified atom stereocenters. The zero-order valence-corrected chi connectivity index (χ0v) is 7.25. The fraction of sp³-hybridized carbons (Fsp3) is 0. The summed E-state index contributed by atoms with van der Waals surface area (Å²) >= 11 is 1.32. The van der Waals surface area contributed by atoms with E-state index in [0.29, 0.717) is 11.6 Å². The summed E-state index contributed by atoms with van der Waals surface area (Å²) < 4.78 is 0. The average molecular weight is 198 g/mol. The molecule has 0 atom stereocenters. The molecule has 68 valence electrons. The summed E-state index contributed by atoms with van der Waals surface area (Å²) in [4.78, 5) is 20.9. The van der Waals surface area contributed by atoms with E-state index in [2.05, 4.69) is 0 Å². The summed E-state index contributed by atoms with van der Waals surface area (Å²) in [5.74, 6) is -2.50. The minimum absolute atomic E-state index is 0.200. The fourth-order valence-corrected chi connectivity index (χ4v) is 1.47. The largest absolute Gasteiger partial charge is 0.478 e. The SMILES string of the molecule is O=C(O)C=C(C(=O)O)c1ccsc1. The van der Waals surface area contributed by atoms with Gasteiger partial charge in [-0.3, -0.25) is 0 Å². The van der Waals surface area contributed by atoms with Crippen LogP contribution >= 0.6 is 11.3 Å². The van der Waals surface area contributed by atoms with E-state index in [1.807, 2.05) is 0 Å². The van der Waals surface area contributed by atoms with Crippen LogP contribution in [0.4, 0.5) is 0 Å². The highest BCUT2D eigenvalue weighted by molar-refractivity contribution is 7.08. The minimum Gasteiger partial charge on any atom is -0.478 e. The highest BCUT2D eigenvalue weighted by atomic mass is 32.1. The number of hydrogen-bond acceptors (Lipinski definition) is 3. The van der Waals surface area contributed by atoms with Gasteiger partial charge in [0.15, 0.2) is 0 Å². The molecular weight excluding hydrogens is 192 g/mol. The van der Waals surface area contributed by atoms with E-state index in [1.165, 1.54) is 11.3 Å². The summed E-state index contributed by atoms with van der Waals surface area (Å²) in [5.41, 5.74) is 0.216. The molecule has 5 heteroatoms. The van der Waals surface area contributed by atoms with Crippen molar-refractivity contribution in [3.63, 3.8) is 0 Å². The van der Waals surface area contributed by atoms with Crippen LogP contribution in [0.3, 0.4) is 0 Å². The second kappa shape index (κ2) is 3.86. The third-order valence-corrected chi connectivity index (χ3v) is 2.01. The molecule has 0 fully saturated rings. The van der Waals surface area contributed by atoms with Crippen molar-refractivity contribution in [2.24, 2.45) is 0 Å². The molecule has 1 rings (SSSR count). The van der Waals surface area contributed by atoms with Gasteiger partial charge in [-0.15, -0.1) is 0 Å². The van der Waals surface area contributed by atoms with Crippen molar-refractivity contribution in [3.05, 3.63) is 28.5 Å². The Morgan fingerprint density at radius 3 is 2.46 bits per heavy atom. The predicted octanol–water partition coefficient (Wildman–Crippen LogP) is 1.30. The smallest absolute Gasteiger partial charge is 0.336 e. The standard InChI is InChI=1S/C8H6O4S/c9-7(10)3-6(8(11)12)5-1-2-13-4-5/h1-4H,(H,9,10)(H,11,12). The van der Waals surface area contributed by atoms with E-state index < -0.39 is 11.9 Å². The number of thiophene rings is 1. The number of rotatable bonds is 3. The van der Waals surface area contributed by atoms with Crippen LogP contribution in [0.2, 0.25) is 0 Å². The zero-order chi connectivity index (χ0) is 9.84. The van der Waals surface area contributed by atoms with Gasteiger partial charge in [0.2, 0.25) is 0 Å². The summed E-state index contributed by atoms with van der Waals surface area (Å²) in [6, 6.07) is 1.56. The Kier molecular flexibility index (Phi) is 2.81. The number of carboxylic acid groups (broad SMARTS) is 2. The molecule has 0 saturated carbocycles. The van der Waals surface area contributed by atoms with Crippen LogP contribution in [0.1, 0.15) is 5.56 Å². The normalized spacial score (nSPS) is 11.2. The molecular formula is C8H6O4S. The Labute approximate surface area is 77.8 Å². The zero-order valence-electron chi connectivity index (χ0n) is 6.43. The number of hydrogen-bond donors (Lipinski definition) is 2. The first-order valence-electron chi connectivity index (χ1n) is 3.31. The van der Waals surface area contributed by atoms with Crippen molar-refractivity contribution < 1.29 is 19.8 Å². The topological polar surface area (TPSA) is 74.6 Å². The molecule has 1 aromatic rings.